The fraction of sp³-hybridized carbons (Fsp3) is 0.412. The highest BCUT2D eigenvalue weighted by Gasteiger charge is 2.16. The largest absolute Gasteiger partial charge is 0.441 e. The van der Waals surface area contributed by atoms with Crippen LogP contribution in [0.3, 0.4) is 0 Å². The van der Waals surface area contributed by atoms with Gasteiger partial charge in [-0.2, -0.15) is 0 Å². The number of hydrogen-bond donors (Lipinski definition) is 2. The van der Waals surface area contributed by atoms with Crippen LogP contribution in [0.2, 0.25) is 0 Å². The summed E-state index contributed by atoms with van der Waals surface area (Å²) in [4.78, 5) is 16.0. The molecule has 1 aromatic heterocycles. The molecule has 7 heteroatoms. The van der Waals surface area contributed by atoms with Crippen LogP contribution in [-0.2, 0) is 11.2 Å². The van der Waals surface area contributed by atoms with E-state index in [4.69, 9.17) is 4.42 Å². The molecule has 2 N–H and O–H groups in total. The minimum absolute atomic E-state index is 0.0589. The number of carbonyl (C=O) groups excluding carboxylic acids is 1. The van der Waals surface area contributed by atoms with Crippen LogP contribution in [0.1, 0.15) is 25.2 Å². The molecule has 1 aliphatic rings. The third-order valence-electron chi connectivity index (χ3n) is 3.98. The number of rotatable bonds is 5. The Morgan fingerprint density at radius 3 is 3.04 bits per heavy atom. The van der Waals surface area contributed by atoms with Gasteiger partial charge in [-0.15, -0.1) is 0 Å². The Balaban J connectivity index is 1.55. The number of halogens is 2. The molecule has 128 valence electrons. The summed E-state index contributed by atoms with van der Waals surface area (Å²) in [5, 5.41) is 6.21. The first-order valence-corrected chi connectivity index (χ1v) is 8.02. The van der Waals surface area contributed by atoms with Crippen LogP contribution in [0.4, 0.5) is 8.78 Å². The van der Waals surface area contributed by atoms with E-state index < -0.39 is 11.6 Å². The molecule has 2 heterocycles. The first-order valence-electron chi connectivity index (χ1n) is 8.02. The summed E-state index contributed by atoms with van der Waals surface area (Å²) in [5.74, 6) is -0.841. The van der Waals surface area contributed by atoms with Crippen LogP contribution in [-0.4, -0.2) is 30.0 Å². The summed E-state index contributed by atoms with van der Waals surface area (Å²) >= 11 is 0. The highest BCUT2D eigenvalue weighted by atomic mass is 19.1. The van der Waals surface area contributed by atoms with Crippen molar-refractivity contribution in [1.29, 1.82) is 0 Å². The van der Waals surface area contributed by atoms with Gasteiger partial charge in [0.1, 0.15) is 11.6 Å². The lowest BCUT2D eigenvalue weighted by Crippen LogP contribution is -2.45. The molecule has 1 saturated heterocycles. The molecule has 1 atom stereocenters. The normalized spacial score (nSPS) is 17.7. The van der Waals surface area contributed by atoms with Crippen LogP contribution in [0.15, 0.2) is 28.8 Å². The van der Waals surface area contributed by atoms with Crippen molar-refractivity contribution in [2.75, 3.05) is 13.1 Å². The monoisotopic (exact) mass is 335 g/mol. The number of amides is 1. The fourth-order valence-electron chi connectivity index (χ4n) is 2.73. The molecule has 3 rings (SSSR count). The lowest BCUT2D eigenvalue weighted by Gasteiger charge is -2.23. The van der Waals surface area contributed by atoms with E-state index in [0.717, 1.165) is 38.1 Å². The lowest BCUT2D eigenvalue weighted by atomic mass is 10.1. The Bertz CT molecular complexity index is 712. The second-order valence-electron chi connectivity index (χ2n) is 5.85. The molecule has 0 radical (unpaired) electrons. The van der Waals surface area contributed by atoms with E-state index in [9.17, 15) is 13.6 Å². The van der Waals surface area contributed by atoms with Crippen molar-refractivity contribution < 1.29 is 18.0 Å². The number of carbonyl (C=O) groups is 1. The second-order valence-corrected chi connectivity index (χ2v) is 5.85. The van der Waals surface area contributed by atoms with E-state index in [-0.39, 0.29) is 29.7 Å². The minimum atomic E-state index is -0.708. The Hall–Kier alpha value is -2.28. The van der Waals surface area contributed by atoms with Gasteiger partial charge in [-0.1, -0.05) is 0 Å². The average Bonchev–Trinajstić information content (AvgIpc) is 3.02. The molecular weight excluding hydrogens is 316 g/mol. The molecule has 0 spiro atoms. The van der Waals surface area contributed by atoms with Gasteiger partial charge in [0, 0.05) is 31.5 Å². The van der Waals surface area contributed by atoms with Gasteiger partial charge in [-0.25, -0.2) is 13.8 Å². The van der Waals surface area contributed by atoms with Crippen LogP contribution >= 0.6 is 0 Å². The molecule has 1 aliphatic heterocycles. The van der Waals surface area contributed by atoms with E-state index in [1.165, 1.54) is 12.3 Å². The molecule has 2 aromatic rings. The van der Waals surface area contributed by atoms with Crippen LogP contribution < -0.4 is 10.6 Å². The Kier molecular flexibility index (Phi) is 5.20. The van der Waals surface area contributed by atoms with Gasteiger partial charge in [0.05, 0.1) is 11.8 Å². The summed E-state index contributed by atoms with van der Waals surface area (Å²) in [7, 11) is 0. The second kappa shape index (κ2) is 7.53. The standard InChI is InChI=1S/C17H19F2N3O2/c18-11-3-4-13(14(19)8-11)15-10-21-17(24-15)6-5-16(23)22-12-2-1-7-20-9-12/h3-4,8,10,12,20H,1-2,5-7,9H2,(H,22,23). The van der Waals surface area contributed by atoms with E-state index in [1.54, 1.807) is 0 Å². The maximum Gasteiger partial charge on any atom is 0.220 e. The van der Waals surface area contributed by atoms with Gasteiger partial charge in [0.2, 0.25) is 5.91 Å². The number of benzene rings is 1. The topological polar surface area (TPSA) is 67.2 Å². The van der Waals surface area contributed by atoms with Crippen molar-refractivity contribution in [3.05, 3.63) is 41.9 Å². The van der Waals surface area contributed by atoms with E-state index in [2.05, 4.69) is 15.6 Å². The van der Waals surface area contributed by atoms with Gasteiger partial charge >= 0.3 is 0 Å². The maximum absolute atomic E-state index is 13.7. The van der Waals surface area contributed by atoms with Crippen LogP contribution in [0.25, 0.3) is 11.3 Å². The number of hydrogen-bond acceptors (Lipinski definition) is 4. The third kappa shape index (κ3) is 4.17. The molecule has 1 fully saturated rings. The zero-order valence-corrected chi connectivity index (χ0v) is 13.1. The predicted molar refractivity (Wildman–Crippen MR) is 84.2 cm³/mol. The molecule has 5 nitrogen and oxygen atoms in total. The first-order chi connectivity index (χ1) is 11.6. The molecular formula is C17H19F2N3O2. The number of nitrogens with zero attached hydrogens (tertiary/aromatic N) is 1. The van der Waals surface area contributed by atoms with Crippen molar-refractivity contribution in [3.8, 4) is 11.3 Å². The number of oxazole rings is 1. The molecule has 24 heavy (non-hydrogen) atoms. The summed E-state index contributed by atoms with van der Waals surface area (Å²) in [6.07, 6.45) is 3.99. The van der Waals surface area contributed by atoms with Gasteiger partial charge in [0.15, 0.2) is 11.7 Å². The first kappa shape index (κ1) is 16.6. The highest BCUT2D eigenvalue weighted by molar-refractivity contribution is 5.76. The average molecular weight is 335 g/mol. The molecule has 1 unspecified atom stereocenters. The van der Waals surface area contributed by atoms with Gasteiger partial charge in [-0.05, 0) is 31.5 Å². The number of aromatic nitrogens is 1. The molecule has 0 bridgehead atoms. The van der Waals surface area contributed by atoms with Crippen molar-refractivity contribution in [2.45, 2.75) is 31.7 Å². The molecule has 1 aromatic carbocycles. The Morgan fingerprint density at radius 2 is 2.29 bits per heavy atom. The van der Waals surface area contributed by atoms with Gasteiger partial charge in [-0.3, -0.25) is 4.79 Å². The maximum atomic E-state index is 13.7. The van der Waals surface area contributed by atoms with Crippen molar-refractivity contribution in [1.82, 2.24) is 15.6 Å². The Labute approximate surface area is 138 Å². The minimum Gasteiger partial charge on any atom is -0.441 e. The Morgan fingerprint density at radius 1 is 1.42 bits per heavy atom. The summed E-state index contributed by atoms with van der Waals surface area (Å²) < 4.78 is 32.1. The molecule has 0 saturated carbocycles. The molecule has 1 amide bonds. The van der Waals surface area contributed by atoms with E-state index in [1.807, 2.05) is 0 Å². The zero-order valence-electron chi connectivity index (χ0n) is 13.1. The van der Waals surface area contributed by atoms with E-state index in [0.29, 0.717) is 12.3 Å². The van der Waals surface area contributed by atoms with Crippen molar-refractivity contribution in [3.63, 3.8) is 0 Å². The van der Waals surface area contributed by atoms with Gasteiger partial charge < -0.3 is 15.1 Å². The highest BCUT2D eigenvalue weighted by Crippen LogP contribution is 2.24. The lowest BCUT2D eigenvalue weighted by molar-refractivity contribution is -0.121. The third-order valence-corrected chi connectivity index (χ3v) is 3.98. The smallest absolute Gasteiger partial charge is 0.220 e. The fourth-order valence-corrected chi connectivity index (χ4v) is 2.73. The predicted octanol–water partition coefficient (Wildman–Crippen LogP) is 2.42. The summed E-state index contributed by atoms with van der Waals surface area (Å²) in [6, 6.07) is 3.42. The quantitative estimate of drug-likeness (QED) is 0.881. The van der Waals surface area contributed by atoms with Crippen molar-refractivity contribution >= 4 is 5.91 Å². The van der Waals surface area contributed by atoms with Crippen LogP contribution in [0.5, 0.6) is 0 Å². The van der Waals surface area contributed by atoms with Gasteiger partial charge in [0.25, 0.3) is 0 Å². The van der Waals surface area contributed by atoms with Crippen molar-refractivity contribution in [2.24, 2.45) is 0 Å². The number of nitrogens with one attached hydrogen (secondary N) is 2. The number of aryl methyl sites for hydroxylation is 1. The number of piperidine rings is 1. The SMILES string of the molecule is O=C(CCc1ncc(-c2ccc(F)cc2F)o1)NC1CCCNC1. The van der Waals surface area contributed by atoms with E-state index >= 15 is 0 Å². The summed E-state index contributed by atoms with van der Waals surface area (Å²) in [5.41, 5.74) is 0.146. The molecule has 0 aliphatic carbocycles. The zero-order chi connectivity index (χ0) is 16.9. The van der Waals surface area contributed by atoms with Crippen LogP contribution in [0, 0.1) is 11.6 Å². The summed E-state index contributed by atoms with van der Waals surface area (Å²) in [6.45, 7) is 1.78.